The SMILES string of the molecule is Cc1cc(NC(=O)C(C)(C)C)sc1C(=O)N1CCN(Cc2nc(C)c(C)o2)CC1. The van der Waals surface area contributed by atoms with E-state index in [0.29, 0.717) is 24.5 Å². The normalized spacial score (nSPS) is 15.6. The van der Waals surface area contributed by atoms with Crippen molar-refractivity contribution in [3.8, 4) is 0 Å². The Balaban J connectivity index is 1.58. The third kappa shape index (κ3) is 5.05. The van der Waals surface area contributed by atoms with Gasteiger partial charge in [0.2, 0.25) is 11.8 Å². The minimum absolute atomic E-state index is 0.0335. The molecule has 0 saturated carbocycles. The summed E-state index contributed by atoms with van der Waals surface area (Å²) < 4.78 is 5.67. The van der Waals surface area contributed by atoms with E-state index in [1.54, 1.807) is 0 Å². The average Bonchev–Trinajstić information content (AvgIpc) is 3.15. The van der Waals surface area contributed by atoms with Gasteiger partial charge in [0.1, 0.15) is 5.76 Å². The number of aromatic nitrogens is 1. The van der Waals surface area contributed by atoms with Gasteiger partial charge in [0.05, 0.1) is 22.1 Å². The van der Waals surface area contributed by atoms with Gasteiger partial charge >= 0.3 is 0 Å². The molecule has 3 rings (SSSR count). The predicted octanol–water partition coefficient (Wildman–Crippen LogP) is 3.60. The first-order chi connectivity index (χ1) is 13.5. The maximum Gasteiger partial charge on any atom is 0.264 e. The molecular weight excluding hydrogens is 388 g/mol. The molecule has 2 aromatic heterocycles. The number of nitrogens with one attached hydrogen (secondary N) is 1. The number of rotatable bonds is 4. The molecule has 7 nitrogen and oxygen atoms in total. The largest absolute Gasteiger partial charge is 0.444 e. The second-order valence-electron chi connectivity index (χ2n) is 8.64. The Morgan fingerprint density at radius 3 is 2.38 bits per heavy atom. The van der Waals surface area contributed by atoms with E-state index in [9.17, 15) is 9.59 Å². The standard InChI is InChI=1S/C21H30N4O3S/c1-13-11-17(23-20(27)21(4,5)6)29-18(13)19(26)25-9-7-24(8-10-25)12-16-22-14(2)15(3)28-16/h11H,7-10,12H2,1-6H3,(H,23,27). The smallest absolute Gasteiger partial charge is 0.264 e. The Hall–Kier alpha value is -2.19. The van der Waals surface area contributed by atoms with E-state index in [4.69, 9.17) is 4.42 Å². The first kappa shape index (κ1) is 21.5. The Labute approximate surface area is 176 Å². The summed E-state index contributed by atoms with van der Waals surface area (Å²) in [6.07, 6.45) is 0. The summed E-state index contributed by atoms with van der Waals surface area (Å²) >= 11 is 1.35. The van der Waals surface area contributed by atoms with E-state index in [-0.39, 0.29) is 11.8 Å². The molecule has 1 fully saturated rings. The number of amides is 2. The fourth-order valence-electron chi connectivity index (χ4n) is 3.11. The molecule has 0 atom stereocenters. The summed E-state index contributed by atoms with van der Waals surface area (Å²) in [6.45, 7) is 15.0. The van der Waals surface area contributed by atoms with Crippen LogP contribution in [0.5, 0.6) is 0 Å². The predicted molar refractivity (Wildman–Crippen MR) is 114 cm³/mol. The molecule has 3 heterocycles. The number of anilines is 1. The molecular formula is C21H30N4O3S. The van der Waals surface area contributed by atoms with E-state index >= 15 is 0 Å². The molecule has 0 aromatic carbocycles. The molecule has 1 N–H and O–H groups in total. The molecule has 0 bridgehead atoms. The maximum absolute atomic E-state index is 13.0. The first-order valence-electron chi connectivity index (χ1n) is 9.91. The zero-order valence-electron chi connectivity index (χ0n) is 18.1. The van der Waals surface area contributed by atoms with Crippen LogP contribution in [-0.2, 0) is 11.3 Å². The van der Waals surface area contributed by atoms with Crippen LogP contribution in [0, 0.1) is 26.2 Å². The molecule has 158 valence electrons. The van der Waals surface area contributed by atoms with Crippen molar-refractivity contribution in [3.63, 3.8) is 0 Å². The number of piperazine rings is 1. The fraction of sp³-hybridized carbons (Fsp3) is 0.571. The summed E-state index contributed by atoms with van der Waals surface area (Å²) in [6, 6.07) is 1.88. The summed E-state index contributed by atoms with van der Waals surface area (Å²) in [5.74, 6) is 1.57. The van der Waals surface area contributed by atoms with Crippen LogP contribution < -0.4 is 5.32 Å². The van der Waals surface area contributed by atoms with Crippen LogP contribution in [0.15, 0.2) is 10.5 Å². The highest BCUT2D eigenvalue weighted by molar-refractivity contribution is 7.18. The quantitative estimate of drug-likeness (QED) is 0.821. The number of oxazole rings is 1. The molecule has 0 radical (unpaired) electrons. The van der Waals surface area contributed by atoms with Gasteiger partial charge in [0.15, 0.2) is 0 Å². The zero-order valence-corrected chi connectivity index (χ0v) is 18.9. The van der Waals surface area contributed by atoms with E-state index < -0.39 is 5.41 Å². The van der Waals surface area contributed by atoms with Gasteiger partial charge in [-0.05, 0) is 32.4 Å². The Kier molecular flexibility index (Phi) is 6.14. The number of nitrogens with zero attached hydrogens (tertiary/aromatic N) is 3. The maximum atomic E-state index is 13.0. The van der Waals surface area contributed by atoms with Gasteiger partial charge in [-0.25, -0.2) is 4.98 Å². The van der Waals surface area contributed by atoms with Crippen molar-refractivity contribution in [1.29, 1.82) is 0 Å². The van der Waals surface area contributed by atoms with Crippen LogP contribution in [0.25, 0.3) is 0 Å². The van der Waals surface area contributed by atoms with Crippen LogP contribution in [0.3, 0.4) is 0 Å². The number of hydrogen-bond donors (Lipinski definition) is 1. The van der Waals surface area contributed by atoms with E-state index in [1.807, 2.05) is 52.5 Å². The van der Waals surface area contributed by atoms with Gasteiger partial charge < -0.3 is 14.6 Å². The van der Waals surface area contributed by atoms with E-state index in [1.165, 1.54) is 11.3 Å². The molecule has 0 unspecified atom stereocenters. The van der Waals surface area contributed by atoms with Gasteiger partial charge in [-0.2, -0.15) is 0 Å². The zero-order chi connectivity index (χ0) is 21.3. The molecule has 1 aliphatic rings. The molecule has 8 heteroatoms. The lowest BCUT2D eigenvalue weighted by Gasteiger charge is -2.34. The van der Waals surface area contributed by atoms with Crippen molar-refractivity contribution in [2.24, 2.45) is 5.41 Å². The van der Waals surface area contributed by atoms with Gasteiger partial charge in [0, 0.05) is 31.6 Å². The van der Waals surface area contributed by atoms with Crippen LogP contribution in [0.2, 0.25) is 0 Å². The number of aryl methyl sites for hydroxylation is 3. The minimum Gasteiger partial charge on any atom is -0.444 e. The van der Waals surface area contributed by atoms with Gasteiger partial charge in [-0.3, -0.25) is 14.5 Å². The van der Waals surface area contributed by atoms with Crippen molar-refractivity contribution in [1.82, 2.24) is 14.8 Å². The second kappa shape index (κ2) is 8.28. The molecule has 1 aliphatic heterocycles. The molecule has 0 spiro atoms. The Bertz CT molecular complexity index is 882. The summed E-state index contributed by atoms with van der Waals surface area (Å²) in [5, 5.41) is 3.65. The number of hydrogen-bond acceptors (Lipinski definition) is 6. The van der Waals surface area contributed by atoms with Crippen molar-refractivity contribution >= 4 is 28.2 Å². The summed E-state index contributed by atoms with van der Waals surface area (Å²) in [4.78, 5) is 34.5. The minimum atomic E-state index is -0.474. The van der Waals surface area contributed by atoms with Gasteiger partial charge in [0.25, 0.3) is 5.91 Å². The van der Waals surface area contributed by atoms with Gasteiger partial charge in [-0.1, -0.05) is 20.8 Å². The van der Waals surface area contributed by atoms with Crippen molar-refractivity contribution in [2.75, 3.05) is 31.5 Å². The topological polar surface area (TPSA) is 78.7 Å². The Morgan fingerprint density at radius 2 is 1.83 bits per heavy atom. The van der Waals surface area contributed by atoms with Crippen LogP contribution in [-0.4, -0.2) is 52.8 Å². The highest BCUT2D eigenvalue weighted by Gasteiger charge is 2.27. The van der Waals surface area contributed by atoms with Crippen LogP contribution >= 0.6 is 11.3 Å². The third-order valence-corrected chi connectivity index (χ3v) is 6.26. The summed E-state index contributed by atoms with van der Waals surface area (Å²) in [5.41, 5.74) is 1.35. The third-order valence-electron chi connectivity index (χ3n) is 5.12. The van der Waals surface area contributed by atoms with E-state index in [2.05, 4.69) is 15.2 Å². The molecule has 0 aliphatic carbocycles. The molecule has 1 saturated heterocycles. The van der Waals surface area contributed by atoms with Crippen LogP contribution in [0.1, 0.15) is 53.4 Å². The number of carbonyl (C=O) groups excluding carboxylic acids is 2. The average molecular weight is 419 g/mol. The van der Waals surface area contributed by atoms with Gasteiger partial charge in [-0.15, -0.1) is 11.3 Å². The molecule has 2 amide bonds. The first-order valence-corrected chi connectivity index (χ1v) is 10.7. The lowest BCUT2D eigenvalue weighted by Crippen LogP contribution is -2.48. The number of carbonyl (C=O) groups is 2. The lowest BCUT2D eigenvalue weighted by atomic mass is 9.96. The van der Waals surface area contributed by atoms with Crippen LogP contribution in [0.4, 0.5) is 5.00 Å². The van der Waals surface area contributed by atoms with E-state index in [0.717, 1.165) is 41.0 Å². The van der Waals surface area contributed by atoms with Crippen molar-refractivity contribution in [3.05, 3.63) is 33.9 Å². The fourth-order valence-corrected chi connectivity index (χ4v) is 4.14. The van der Waals surface area contributed by atoms with Crippen molar-refractivity contribution in [2.45, 2.75) is 48.1 Å². The highest BCUT2D eigenvalue weighted by Crippen LogP contribution is 2.29. The second-order valence-corrected chi connectivity index (χ2v) is 9.70. The highest BCUT2D eigenvalue weighted by atomic mass is 32.1. The Morgan fingerprint density at radius 1 is 1.17 bits per heavy atom. The van der Waals surface area contributed by atoms with Crippen molar-refractivity contribution < 1.29 is 14.0 Å². The molecule has 2 aromatic rings. The number of thiophene rings is 1. The lowest BCUT2D eigenvalue weighted by molar-refractivity contribution is -0.123. The summed E-state index contributed by atoms with van der Waals surface area (Å²) in [7, 11) is 0. The molecule has 29 heavy (non-hydrogen) atoms. The monoisotopic (exact) mass is 418 g/mol.